The van der Waals surface area contributed by atoms with Crippen LogP contribution in [-0.4, -0.2) is 23.0 Å². The van der Waals surface area contributed by atoms with Gasteiger partial charge in [-0.3, -0.25) is 4.98 Å². The van der Waals surface area contributed by atoms with E-state index in [-0.39, 0.29) is 16.9 Å². The van der Waals surface area contributed by atoms with Crippen molar-refractivity contribution in [3.8, 4) is 22.6 Å². The number of pyridine rings is 1. The van der Waals surface area contributed by atoms with Gasteiger partial charge in [0.1, 0.15) is 5.75 Å². The van der Waals surface area contributed by atoms with E-state index in [0.717, 1.165) is 0 Å². The molecule has 0 radical (unpaired) electrons. The standard InChI is InChI=1S/C17H17F3N2O3/c1-16(2,3)22-15(23)24-14-10-21-9-8-12(14)11-6-4-5-7-13(11)25-17(18,19)20/h4-10H,1-3H3,(H,22,23). The van der Waals surface area contributed by atoms with Crippen molar-refractivity contribution in [2.45, 2.75) is 32.7 Å². The number of alkyl halides is 3. The Morgan fingerprint density at radius 1 is 1.04 bits per heavy atom. The van der Waals surface area contributed by atoms with E-state index in [1.54, 1.807) is 26.8 Å². The minimum absolute atomic E-state index is 0.0162. The first-order valence-electron chi connectivity index (χ1n) is 7.34. The molecule has 134 valence electrons. The van der Waals surface area contributed by atoms with Crippen LogP contribution in [0, 0.1) is 0 Å². The quantitative estimate of drug-likeness (QED) is 0.879. The maximum atomic E-state index is 12.6. The molecule has 0 fully saturated rings. The molecule has 1 amide bonds. The molecule has 1 aromatic carbocycles. The fourth-order valence-electron chi connectivity index (χ4n) is 2.02. The van der Waals surface area contributed by atoms with Crippen LogP contribution in [-0.2, 0) is 0 Å². The van der Waals surface area contributed by atoms with Crippen molar-refractivity contribution in [2.75, 3.05) is 0 Å². The summed E-state index contributed by atoms with van der Waals surface area (Å²) < 4.78 is 47.1. The van der Waals surface area contributed by atoms with E-state index in [1.807, 2.05) is 0 Å². The van der Waals surface area contributed by atoms with Crippen molar-refractivity contribution in [2.24, 2.45) is 0 Å². The third-order valence-corrected chi connectivity index (χ3v) is 2.87. The van der Waals surface area contributed by atoms with E-state index in [2.05, 4.69) is 15.0 Å². The van der Waals surface area contributed by atoms with Gasteiger partial charge in [-0.2, -0.15) is 0 Å². The Balaban J connectivity index is 2.37. The van der Waals surface area contributed by atoms with Crippen molar-refractivity contribution in [1.82, 2.24) is 10.3 Å². The number of rotatable bonds is 3. The molecule has 0 aliphatic rings. The fraction of sp³-hybridized carbons (Fsp3) is 0.294. The van der Waals surface area contributed by atoms with Crippen LogP contribution < -0.4 is 14.8 Å². The second kappa shape index (κ2) is 7.00. The third kappa shape index (κ3) is 5.66. The Labute approximate surface area is 142 Å². The number of amides is 1. The van der Waals surface area contributed by atoms with Crippen LogP contribution >= 0.6 is 0 Å². The Hall–Kier alpha value is -2.77. The van der Waals surface area contributed by atoms with E-state index in [4.69, 9.17) is 4.74 Å². The first-order valence-corrected chi connectivity index (χ1v) is 7.34. The van der Waals surface area contributed by atoms with Gasteiger partial charge >= 0.3 is 12.5 Å². The lowest BCUT2D eigenvalue weighted by Crippen LogP contribution is -2.42. The zero-order valence-corrected chi connectivity index (χ0v) is 13.8. The van der Waals surface area contributed by atoms with Crippen LogP contribution in [0.4, 0.5) is 18.0 Å². The van der Waals surface area contributed by atoms with Crippen LogP contribution in [0.5, 0.6) is 11.5 Å². The van der Waals surface area contributed by atoms with Crippen molar-refractivity contribution >= 4 is 6.09 Å². The summed E-state index contributed by atoms with van der Waals surface area (Å²) in [5, 5.41) is 2.60. The van der Waals surface area contributed by atoms with Crippen molar-refractivity contribution in [1.29, 1.82) is 0 Å². The number of hydrogen-bond donors (Lipinski definition) is 1. The normalized spacial score (nSPS) is 11.8. The van der Waals surface area contributed by atoms with E-state index in [0.29, 0.717) is 0 Å². The average molecular weight is 354 g/mol. The predicted molar refractivity (Wildman–Crippen MR) is 85.3 cm³/mol. The van der Waals surface area contributed by atoms with Crippen molar-refractivity contribution < 1.29 is 27.4 Å². The molecule has 1 N–H and O–H groups in total. The van der Waals surface area contributed by atoms with E-state index >= 15 is 0 Å². The maximum absolute atomic E-state index is 12.6. The lowest BCUT2D eigenvalue weighted by atomic mass is 10.1. The molecule has 0 spiro atoms. The van der Waals surface area contributed by atoms with Gasteiger partial charge < -0.3 is 14.8 Å². The fourth-order valence-corrected chi connectivity index (χ4v) is 2.02. The van der Waals surface area contributed by atoms with Gasteiger partial charge in [-0.15, -0.1) is 13.2 Å². The van der Waals surface area contributed by atoms with Crippen LogP contribution in [0.3, 0.4) is 0 Å². The van der Waals surface area contributed by atoms with Gasteiger partial charge in [0.05, 0.1) is 6.20 Å². The first kappa shape index (κ1) is 18.6. The lowest BCUT2D eigenvalue weighted by molar-refractivity contribution is -0.274. The summed E-state index contributed by atoms with van der Waals surface area (Å²) in [6.07, 6.45) is -2.94. The molecular weight excluding hydrogens is 337 g/mol. The Bertz CT molecular complexity index is 755. The lowest BCUT2D eigenvalue weighted by Gasteiger charge is -2.20. The maximum Gasteiger partial charge on any atom is 0.573 e. The third-order valence-electron chi connectivity index (χ3n) is 2.87. The van der Waals surface area contributed by atoms with E-state index in [1.165, 1.54) is 36.7 Å². The average Bonchev–Trinajstić information content (AvgIpc) is 2.45. The highest BCUT2D eigenvalue weighted by molar-refractivity contribution is 5.79. The minimum atomic E-state index is -4.84. The number of nitrogens with zero attached hydrogens (tertiary/aromatic N) is 1. The predicted octanol–water partition coefficient (Wildman–Crippen LogP) is 4.53. The van der Waals surface area contributed by atoms with Gasteiger partial charge in [0.25, 0.3) is 0 Å². The van der Waals surface area contributed by atoms with Gasteiger partial charge in [-0.1, -0.05) is 18.2 Å². The molecule has 0 aliphatic carbocycles. The molecule has 5 nitrogen and oxygen atoms in total. The number of ether oxygens (including phenoxy) is 2. The Morgan fingerprint density at radius 2 is 1.68 bits per heavy atom. The van der Waals surface area contributed by atoms with Gasteiger partial charge in [0, 0.05) is 22.9 Å². The summed E-state index contributed by atoms with van der Waals surface area (Å²) in [7, 11) is 0. The summed E-state index contributed by atoms with van der Waals surface area (Å²) in [4.78, 5) is 15.8. The Morgan fingerprint density at radius 3 is 2.32 bits per heavy atom. The molecule has 1 aromatic heterocycles. The first-order chi connectivity index (χ1) is 11.6. The molecule has 2 rings (SSSR count). The topological polar surface area (TPSA) is 60.5 Å². The summed E-state index contributed by atoms with van der Waals surface area (Å²) in [6, 6.07) is 7.03. The van der Waals surface area contributed by atoms with Gasteiger partial charge in [0.15, 0.2) is 5.75 Å². The number of benzene rings is 1. The molecule has 0 atom stereocenters. The SMILES string of the molecule is CC(C)(C)NC(=O)Oc1cnccc1-c1ccccc1OC(F)(F)F. The number of aromatic nitrogens is 1. The Kier molecular flexibility index (Phi) is 5.20. The molecule has 2 aromatic rings. The summed E-state index contributed by atoms with van der Waals surface area (Å²) in [5.41, 5.74) is -0.156. The molecule has 0 saturated heterocycles. The highest BCUT2D eigenvalue weighted by atomic mass is 19.4. The largest absolute Gasteiger partial charge is 0.573 e. The zero-order valence-electron chi connectivity index (χ0n) is 13.8. The smallest absolute Gasteiger partial charge is 0.408 e. The highest BCUT2D eigenvalue weighted by Gasteiger charge is 2.32. The van der Waals surface area contributed by atoms with Crippen LogP contribution in [0.25, 0.3) is 11.1 Å². The second-order valence-electron chi connectivity index (χ2n) is 6.18. The second-order valence-corrected chi connectivity index (χ2v) is 6.18. The van der Waals surface area contributed by atoms with Crippen LogP contribution in [0.1, 0.15) is 20.8 Å². The van der Waals surface area contributed by atoms with E-state index in [9.17, 15) is 18.0 Å². The summed E-state index contributed by atoms with van der Waals surface area (Å²) in [6.45, 7) is 5.31. The summed E-state index contributed by atoms with van der Waals surface area (Å²) >= 11 is 0. The molecule has 0 bridgehead atoms. The number of hydrogen-bond acceptors (Lipinski definition) is 4. The molecule has 0 aliphatic heterocycles. The zero-order chi connectivity index (χ0) is 18.7. The van der Waals surface area contributed by atoms with Crippen LogP contribution in [0.2, 0.25) is 0 Å². The molecule has 25 heavy (non-hydrogen) atoms. The molecular formula is C17H17F3N2O3. The number of halogens is 3. The highest BCUT2D eigenvalue weighted by Crippen LogP contribution is 2.38. The number of carbonyl (C=O) groups excluding carboxylic acids is 1. The minimum Gasteiger partial charge on any atom is -0.408 e. The monoisotopic (exact) mass is 354 g/mol. The number of carbonyl (C=O) groups is 1. The number of nitrogens with one attached hydrogen (secondary N) is 1. The molecule has 8 heteroatoms. The van der Waals surface area contributed by atoms with Gasteiger partial charge in [-0.25, -0.2) is 4.79 Å². The van der Waals surface area contributed by atoms with E-state index < -0.39 is 23.7 Å². The van der Waals surface area contributed by atoms with Gasteiger partial charge in [-0.05, 0) is 32.9 Å². The number of para-hydroxylation sites is 1. The molecule has 0 saturated carbocycles. The van der Waals surface area contributed by atoms with Crippen LogP contribution in [0.15, 0.2) is 42.7 Å². The molecule has 0 unspecified atom stereocenters. The van der Waals surface area contributed by atoms with Gasteiger partial charge in [0.2, 0.25) is 0 Å². The summed E-state index contributed by atoms with van der Waals surface area (Å²) in [5.74, 6) is -0.384. The molecule has 1 heterocycles. The van der Waals surface area contributed by atoms with Crippen molar-refractivity contribution in [3.63, 3.8) is 0 Å². The van der Waals surface area contributed by atoms with Crippen molar-refractivity contribution in [3.05, 3.63) is 42.7 Å².